The average molecular weight is 385 g/mol. The Morgan fingerprint density at radius 3 is 2.54 bits per heavy atom. The zero-order valence-corrected chi connectivity index (χ0v) is 14.3. The van der Waals surface area contributed by atoms with Gasteiger partial charge >= 0.3 is 5.69 Å². The van der Waals surface area contributed by atoms with Crippen LogP contribution in [-0.2, 0) is 6.54 Å². The van der Waals surface area contributed by atoms with Crippen LogP contribution in [0, 0.1) is 21.7 Å². The van der Waals surface area contributed by atoms with Crippen molar-refractivity contribution in [3.63, 3.8) is 0 Å². The van der Waals surface area contributed by atoms with Gasteiger partial charge in [0.15, 0.2) is 0 Å². The van der Waals surface area contributed by atoms with Crippen LogP contribution >= 0.6 is 0 Å². The van der Waals surface area contributed by atoms with E-state index in [-0.39, 0.29) is 23.4 Å². The summed E-state index contributed by atoms with van der Waals surface area (Å²) in [6, 6.07) is 11.3. The normalized spacial score (nSPS) is 10.5. The van der Waals surface area contributed by atoms with Crippen LogP contribution < -0.4 is 10.9 Å². The first-order valence-electron chi connectivity index (χ1n) is 8.04. The third-order valence-electron chi connectivity index (χ3n) is 3.94. The van der Waals surface area contributed by atoms with Gasteiger partial charge in [0.2, 0.25) is 5.82 Å². The predicted molar refractivity (Wildman–Crippen MR) is 97.2 cm³/mol. The number of halogens is 2. The number of nitro benzene ring substituents is 1. The first kappa shape index (κ1) is 18.9. The van der Waals surface area contributed by atoms with E-state index in [9.17, 15) is 28.5 Å². The van der Waals surface area contributed by atoms with E-state index in [2.05, 4.69) is 5.32 Å². The molecule has 0 saturated heterocycles. The number of nitro groups is 1. The van der Waals surface area contributed by atoms with Gasteiger partial charge in [0, 0.05) is 29.6 Å². The van der Waals surface area contributed by atoms with Crippen molar-refractivity contribution in [3.05, 3.63) is 104 Å². The van der Waals surface area contributed by atoms with Crippen molar-refractivity contribution in [2.45, 2.75) is 6.54 Å². The quantitative estimate of drug-likeness (QED) is 0.538. The van der Waals surface area contributed by atoms with Gasteiger partial charge in [-0.1, -0.05) is 18.2 Å². The van der Waals surface area contributed by atoms with Crippen LogP contribution in [0.2, 0.25) is 0 Å². The molecule has 0 atom stereocenters. The standard InChI is InChI=1S/C19H13F2N3O4/c20-15-4-2-1-3-12(15)10-23-11-13(5-8-18(23)25)19(26)22-14-6-7-16(21)17(9-14)24(27)28/h1-9,11H,10H2,(H,22,26). The fourth-order valence-electron chi connectivity index (χ4n) is 2.53. The van der Waals surface area contributed by atoms with Crippen LogP contribution in [0.4, 0.5) is 20.2 Å². The maximum absolute atomic E-state index is 13.8. The summed E-state index contributed by atoms with van der Waals surface area (Å²) in [6.07, 6.45) is 1.25. The van der Waals surface area contributed by atoms with E-state index in [1.54, 1.807) is 6.07 Å². The minimum absolute atomic E-state index is 0.0185. The van der Waals surface area contributed by atoms with Crippen LogP contribution in [0.25, 0.3) is 0 Å². The molecule has 0 aliphatic rings. The SMILES string of the molecule is O=C(Nc1ccc(F)c([N+](=O)[O-])c1)c1ccc(=O)n(Cc2ccccc2F)c1. The molecule has 0 saturated carbocycles. The molecule has 3 rings (SSSR count). The van der Waals surface area contributed by atoms with E-state index >= 15 is 0 Å². The highest BCUT2D eigenvalue weighted by atomic mass is 19.1. The molecule has 0 aliphatic carbocycles. The van der Waals surface area contributed by atoms with Crippen molar-refractivity contribution in [1.82, 2.24) is 4.57 Å². The number of amides is 1. The molecular weight excluding hydrogens is 372 g/mol. The molecule has 0 bridgehead atoms. The Morgan fingerprint density at radius 1 is 1.07 bits per heavy atom. The number of rotatable bonds is 5. The smallest absolute Gasteiger partial charge is 0.306 e. The Bertz CT molecular complexity index is 1130. The Kier molecular flexibility index (Phi) is 5.25. The topological polar surface area (TPSA) is 94.2 Å². The van der Waals surface area contributed by atoms with Crippen molar-refractivity contribution in [2.24, 2.45) is 0 Å². The molecule has 2 aromatic carbocycles. The molecule has 28 heavy (non-hydrogen) atoms. The third kappa shape index (κ3) is 4.09. The van der Waals surface area contributed by atoms with E-state index in [0.717, 1.165) is 18.2 Å². The summed E-state index contributed by atoms with van der Waals surface area (Å²) in [7, 11) is 0. The maximum Gasteiger partial charge on any atom is 0.306 e. The number of benzene rings is 2. The largest absolute Gasteiger partial charge is 0.322 e. The fraction of sp³-hybridized carbons (Fsp3) is 0.0526. The Hall–Kier alpha value is -3.88. The number of hydrogen-bond donors (Lipinski definition) is 1. The second-order valence-electron chi connectivity index (χ2n) is 5.85. The zero-order chi connectivity index (χ0) is 20.3. The van der Waals surface area contributed by atoms with Crippen LogP contribution in [0.15, 0.2) is 65.6 Å². The number of nitrogens with one attached hydrogen (secondary N) is 1. The number of pyridine rings is 1. The lowest BCUT2D eigenvalue weighted by molar-refractivity contribution is -0.387. The van der Waals surface area contributed by atoms with Gasteiger partial charge < -0.3 is 9.88 Å². The number of carbonyl (C=O) groups is 1. The molecule has 3 aromatic rings. The van der Waals surface area contributed by atoms with Gasteiger partial charge in [-0.15, -0.1) is 0 Å². The monoisotopic (exact) mass is 385 g/mol. The van der Waals surface area contributed by atoms with E-state index in [1.807, 2.05) is 0 Å². The number of hydrogen-bond acceptors (Lipinski definition) is 4. The zero-order valence-electron chi connectivity index (χ0n) is 14.3. The third-order valence-corrected chi connectivity index (χ3v) is 3.94. The molecule has 1 amide bonds. The summed E-state index contributed by atoms with van der Waals surface area (Å²) in [6.45, 7) is -0.0748. The minimum Gasteiger partial charge on any atom is -0.322 e. The van der Waals surface area contributed by atoms with Gasteiger partial charge in [-0.2, -0.15) is 4.39 Å². The lowest BCUT2D eigenvalue weighted by Gasteiger charge is -2.10. The molecular formula is C19H13F2N3O4. The number of aromatic nitrogens is 1. The van der Waals surface area contributed by atoms with E-state index in [1.165, 1.54) is 41.1 Å². The van der Waals surface area contributed by atoms with Crippen LogP contribution in [0.1, 0.15) is 15.9 Å². The van der Waals surface area contributed by atoms with Gasteiger partial charge in [-0.25, -0.2) is 4.39 Å². The molecule has 1 heterocycles. The van der Waals surface area contributed by atoms with Gasteiger partial charge in [-0.3, -0.25) is 19.7 Å². The van der Waals surface area contributed by atoms with Gasteiger partial charge in [-0.05, 0) is 24.3 Å². The Morgan fingerprint density at radius 2 is 1.82 bits per heavy atom. The number of anilines is 1. The van der Waals surface area contributed by atoms with Crippen LogP contribution in [0.5, 0.6) is 0 Å². The molecule has 1 aromatic heterocycles. The molecule has 7 nitrogen and oxygen atoms in total. The molecule has 0 spiro atoms. The maximum atomic E-state index is 13.8. The van der Waals surface area contributed by atoms with Gasteiger partial charge in [0.05, 0.1) is 17.0 Å². The summed E-state index contributed by atoms with van der Waals surface area (Å²) in [5.41, 5.74) is -0.844. The Labute approximate surface area is 157 Å². The molecule has 0 radical (unpaired) electrons. The van der Waals surface area contributed by atoms with E-state index in [0.29, 0.717) is 0 Å². The van der Waals surface area contributed by atoms with Crippen molar-refractivity contribution < 1.29 is 18.5 Å². The van der Waals surface area contributed by atoms with Gasteiger partial charge in [0.1, 0.15) is 5.82 Å². The fourth-order valence-corrected chi connectivity index (χ4v) is 2.53. The summed E-state index contributed by atoms with van der Waals surface area (Å²) >= 11 is 0. The summed E-state index contributed by atoms with van der Waals surface area (Å²) in [5.74, 6) is -2.17. The molecule has 0 aliphatic heterocycles. The number of nitrogens with zero attached hydrogens (tertiary/aromatic N) is 2. The second-order valence-corrected chi connectivity index (χ2v) is 5.85. The average Bonchev–Trinajstić information content (AvgIpc) is 2.66. The molecule has 142 valence electrons. The predicted octanol–water partition coefficient (Wildman–Crippen LogP) is 3.34. The van der Waals surface area contributed by atoms with E-state index in [4.69, 9.17) is 0 Å². The summed E-state index contributed by atoms with van der Waals surface area (Å²) in [5, 5.41) is 13.2. The van der Waals surface area contributed by atoms with Gasteiger partial charge in [0.25, 0.3) is 11.5 Å². The molecule has 9 heteroatoms. The Balaban J connectivity index is 1.85. The first-order valence-corrected chi connectivity index (χ1v) is 8.04. The lowest BCUT2D eigenvalue weighted by Crippen LogP contribution is -2.23. The minimum atomic E-state index is -1.03. The summed E-state index contributed by atoms with van der Waals surface area (Å²) in [4.78, 5) is 34.3. The lowest BCUT2D eigenvalue weighted by atomic mass is 10.2. The molecule has 0 unspecified atom stereocenters. The van der Waals surface area contributed by atoms with Crippen LogP contribution in [0.3, 0.4) is 0 Å². The molecule has 1 N–H and O–H groups in total. The highest BCUT2D eigenvalue weighted by molar-refractivity contribution is 6.04. The van der Waals surface area contributed by atoms with Crippen molar-refractivity contribution in [3.8, 4) is 0 Å². The van der Waals surface area contributed by atoms with Crippen molar-refractivity contribution in [1.29, 1.82) is 0 Å². The van der Waals surface area contributed by atoms with Crippen molar-refractivity contribution >= 4 is 17.3 Å². The van der Waals surface area contributed by atoms with Crippen LogP contribution in [-0.4, -0.2) is 15.4 Å². The first-order chi connectivity index (χ1) is 13.3. The summed E-state index contributed by atoms with van der Waals surface area (Å²) < 4.78 is 28.4. The number of carbonyl (C=O) groups excluding carboxylic acids is 1. The molecule has 0 fully saturated rings. The highest BCUT2D eigenvalue weighted by Gasteiger charge is 2.16. The second kappa shape index (κ2) is 7.78. The van der Waals surface area contributed by atoms with Crippen molar-refractivity contribution in [2.75, 3.05) is 5.32 Å². The highest BCUT2D eigenvalue weighted by Crippen LogP contribution is 2.22. The van der Waals surface area contributed by atoms with E-state index < -0.39 is 33.7 Å².